The van der Waals surface area contributed by atoms with Crippen molar-refractivity contribution in [2.24, 2.45) is 0 Å². The zero-order chi connectivity index (χ0) is 24.7. The van der Waals surface area contributed by atoms with Crippen LogP contribution in [0.4, 0.5) is 19.0 Å². The summed E-state index contributed by atoms with van der Waals surface area (Å²) in [6.45, 7) is 1.63. The van der Waals surface area contributed by atoms with E-state index < -0.39 is 17.6 Å². The van der Waals surface area contributed by atoms with Crippen LogP contribution in [0.2, 0.25) is 0 Å². The maximum atomic E-state index is 13.5. The van der Waals surface area contributed by atoms with Crippen LogP contribution >= 0.6 is 0 Å². The number of para-hydroxylation sites is 2. The van der Waals surface area contributed by atoms with E-state index in [2.05, 4.69) is 15.4 Å². The van der Waals surface area contributed by atoms with E-state index in [9.17, 15) is 22.8 Å². The zero-order valence-corrected chi connectivity index (χ0v) is 18.8. The molecule has 4 aromatic rings. The van der Waals surface area contributed by atoms with Crippen LogP contribution in [0.5, 0.6) is 0 Å². The summed E-state index contributed by atoms with van der Waals surface area (Å²) in [7, 11) is 0. The number of carbonyl (C=O) groups is 1. The van der Waals surface area contributed by atoms with Crippen LogP contribution < -0.4 is 10.9 Å². The molecule has 0 spiro atoms. The van der Waals surface area contributed by atoms with Gasteiger partial charge in [-0.1, -0.05) is 24.3 Å². The van der Waals surface area contributed by atoms with Crippen LogP contribution in [0.15, 0.2) is 59.4 Å². The van der Waals surface area contributed by atoms with Crippen molar-refractivity contribution in [1.29, 1.82) is 0 Å². The molecule has 1 aliphatic rings. The Morgan fingerprint density at radius 3 is 2.57 bits per heavy atom. The molecular weight excluding hydrogens is 459 g/mol. The van der Waals surface area contributed by atoms with Crippen LogP contribution in [0.25, 0.3) is 16.6 Å². The van der Waals surface area contributed by atoms with Gasteiger partial charge >= 0.3 is 6.18 Å². The SMILES string of the molecule is Cc1cc(NC(=O)CCc2nc3ccccc3c(=O)n2C2CC2)n(-c2ccccc2C(F)(F)F)n1. The highest BCUT2D eigenvalue weighted by atomic mass is 19.4. The standard InChI is InChI=1S/C25H22F3N5O2/c1-15-14-22(33(31-15)20-9-5-3-7-18(20)25(26,27)28)30-23(34)13-12-21-29-19-8-4-2-6-17(19)24(35)32(21)16-10-11-16/h2-9,14,16H,10-13H2,1H3,(H,30,34). The number of rotatable bonds is 6. The first-order valence-corrected chi connectivity index (χ1v) is 11.3. The Kier molecular flexibility index (Phi) is 5.66. The van der Waals surface area contributed by atoms with Crippen molar-refractivity contribution in [2.75, 3.05) is 5.32 Å². The zero-order valence-electron chi connectivity index (χ0n) is 18.8. The number of aryl methyl sites for hydroxylation is 2. The van der Waals surface area contributed by atoms with Crippen molar-refractivity contribution >= 4 is 22.6 Å². The maximum Gasteiger partial charge on any atom is 0.418 e. The predicted molar refractivity (Wildman–Crippen MR) is 125 cm³/mol. The Labute approximate surface area is 198 Å². The molecule has 0 atom stereocenters. The van der Waals surface area contributed by atoms with Crippen LogP contribution in [-0.4, -0.2) is 25.2 Å². The van der Waals surface area contributed by atoms with Crippen LogP contribution in [-0.2, 0) is 17.4 Å². The molecule has 0 unspecified atom stereocenters. The second kappa shape index (κ2) is 8.68. The lowest BCUT2D eigenvalue weighted by atomic mass is 10.1. The number of alkyl halides is 3. The Bertz CT molecular complexity index is 1480. The van der Waals surface area contributed by atoms with Gasteiger partial charge in [-0.05, 0) is 44.0 Å². The molecule has 7 nitrogen and oxygen atoms in total. The lowest BCUT2D eigenvalue weighted by Crippen LogP contribution is -2.26. The lowest BCUT2D eigenvalue weighted by molar-refractivity contribution is -0.137. The fourth-order valence-corrected chi connectivity index (χ4v) is 4.18. The number of benzene rings is 2. The molecule has 0 saturated heterocycles. The van der Waals surface area contributed by atoms with Gasteiger partial charge in [0.15, 0.2) is 0 Å². The number of hydrogen-bond donors (Lipinski definition) is 1. The monoisotopic (exact) mass is 481 g/mol. The molecular formula is C25H22F3N5O2. The number of aromatic nitrogens is 4. The largest absolute Gasteiger partial charge is 0.418 e. The molecule has 1 N–H and O–H groups in total. The van der Waals surface area contributed by atoms with Gasteiger partial charge in [-0.25, -0.2) is 9.67 Å². The Balaban J connectivity index is 1.40. The molecule has 2 heterocycles. The fraction of sp³-hybridized carbons (Fsp3) is 0.280. The molecule has 0 aliphatic heterocycles. The fourth-order valence-electron chi connectivity index (χ4n) is 4.18. The number of halogens is 3. The van der Waals surface area contributed by atoms with E-state index in [0.29, 0.717) is 22.4 Å². The van der Waals surface area contributed by atoms with Gasteiger partial charge < -0.3 is 5.32 Å². The van der Waals surface area contributed by atoms with Crippen LogP contribution in [0.3, 0.4) is 0 Å². The van der Waals surface area contributed by atoms with Crippen molar-refractivity contribution in [3.63, 3.8) is 0 Å². The molecule has 0 radical (unpaired) electrons. The molecule has 35 heavy (non-hydrogen) atoms. The second-order valence-electron chi connectivity index (χ2n) is 8.60. The van der Waals surface area contributed by atoms with Crippen molar-refractivity contribution < 1.29 is 18.0 Å². The number of anilines is 1. The van der Waals surface area contributed by atoms with Crippen LogP contribution in [0, 0.1) is 6.92 Å². The third-order valence-corrected chi connectivity index (χ3v) is 5.91. The van der Waals surface area contributed by atoms with E-state index in [1.54, 1.807) is 35.8 Å². The first-order valence-electron chi connectivity index (χ1n) is 11.3. The number of hydrogen-bond acceptors (Lipinski definition) is 4. The molecule has 1 aliphatic carbocycles. The molecule has 1 saturated carbocycles. The molecule has 1 amide bonds. The first kappa shape index (κ1) is 22.8. The van der Waals surface area contributed by atoms with E-state index in [1.165, 1.54) is 24.3 Å². The minimum atomic E-state index is -4.58. The van der Waals surface area contributed by atoms with Crippen molar-refractivity contribution in [3.8, 4) is 5.69 Å². The predicted octanol–water partition coefficient (Wildman–Crippen LogP) is 4.82. The Morgan fingerprint density at radius 1 is 1.11 bits per heavy atom. The smallest absolute Gasteiger partial charge is 0.311 e. The van der Waals surface area contributed by atoms with Gasteiger partial charge in [-0.2, -0.15) is 18.3 Å². The number of carbonyl (C=O) groups excluding carboxylic acids is 1. The molecule has 5 rings (SSSR count). The summed E-state index contributed by atoms with van der Waals surface area (Å²) in [4.78, 5) is 30.4. The normalized spacial score (nSPS) is 13.8. The lowest BCUT2D eigenvalue weighted by Gasteiger charge is -2.15. The maximum absolute atomic E-state index is 13.5. The van der Waals surface area contributed by atoms with E-state index >= 15 is 0 Å². The van der Waals surface area contributed by atoms with Gasteiger partial charge in [0.2, 0.25) is 5.91 Å². The summed E-state index contributed by atoms with van der Waals surface area (Å²) in [6.07, 6.45) is -2.59. The quantitative estimate of drug-likeness (QED) is 0.428. The third kappa shape index (κ3) is 4.55. The summed E-state index contributed by atoms with van der Waals surface area (Å²) in [6, 6.07) is 13.7. The highest BCUT2D eigenvalue weighted by Crippen LogP contribution is 2.36. The van der Waals surface area contributed by atoms with Crippen LogP contribution in [0.1, 0.15) is 42.4 Å². The van der Waals surface area contributed by atoms with Gasteiger partial charge in [0.1, 0.15) is 11.6 Å². The average molecular weight is 481 g/mol. The van der Waals surface area contributed by atoms with Gasteiger partial charge in [0, 0.05) is 24.9 Å². The first-order chi connectivity index (χ1) is 16.7. The topological polar surface area (TPSA) is 81.8 Å². The van der Waals surface area contributed by atoms with Crippen molar-refractivity contribution in [3.05, 3.63) is 82.0 Å². The summed E-state index contributed by atoms with van der Waals surface area (Å²) in [5, 5.41) is 7.37. The number of nitrogens with zero attached hydrogens (tertiary/aromatic N) is 4. The minimum Gasteiger partial charge on any atom is -0.311 e. The Hall–Kier alpha value is -3.95. The van der Waals surface area contributed by atoms with E-state index in [-0.39, 0.29) is 35.9 Å². The minimum absolute atomic E-state index is 0.00262. The van der Waals surface area contributed by atoms with E-state index in [1.807, 2.05) is 0 Å². The molecule has 180 valence electrons. The number of nitrogens with one attached hydrogen (secondary N) is 1. The Morgan fingerprint density at radius 2 is 1.83 bits per heavy atom. The number of fused-ring (bicyclic) bond motifs is 1. The average Bonchev–Trinajstić information content (AvgIpc) is 3.59. The molecule has 0 bridgehead atoms. The molecule has 1 fully saturated rings. The summed E-state index contributed by atoms with van der Waals surface area (Å²) < 4.78 is 43.4. The molecule has 2 aromatic carbocycles. The summed E-state index contributed by atoms with van der Waals surface area (Å²) >= 11 is 0. The molecule has 2 aromatic heterocycles. The summed E-state index contributed by atoms with van der Waals surface area (Å²) in [5.74, 6) is 0.245. The van der Waals surface area contributed by atoms with Gasteiger partial charge in [-0.3, -0.25) is 14.2 Å². The number of amides is 1. The second-order valence-corrected chi connectivity index (χ2v) is 8.60. The van der Waals surface area contributed by atoms with Gasteiger partial charge in [0.25, 0.3) is 5.56 Å². The van der Waals surface area contributed by atoms with Gasteiger partial charge in [-0.15, -0.1) is 0 Å². The van der Waals surface area contributed by atoms with Crippen molar-refractivity contribution in [1.82, 2.24) is 19.3 Å². The highest BCUT2D eigenvalue weighted by Gasteiger charge is 2.34. The van der Waals surface area contributed by atoms with Gasteiger partial charge in [0.05, 0.1) is 27.8 Å². The van der Waals surface area contributed by atoms with Crippen molar-refractivity contribution in [2.45, 2.75) is 44.8 Å². The third-order valence-electron chi connectivity index (χ3n) is 5.91. The van der Waals surface area contributed by atoms with E-state index in [0.717, 1.165) is 23.6 Å². The highest BCUT2D eigenvalue weighted by molar-refractivity contribution is 5.90. The summed E-state index contributed by atoms with van der Waals surface area (Å²) in [5.41, 5.74) is -0.126. The van der Waals surface area contributed by atoms with E-state index in [4.69, 9.17) is 0 Å². The molecule has 10 heteroatoms.